The van der Waals surface area contributed by atoms with Crippen molar-refractivity contribution >= 4 is 0 Å². The van der Waals surface area contributed by atoms with E-state index in [0.29, 0.717) is 13.2 Å². The second-order valence-corrected chi connectivity index (χ2v) is 3.51. The third-order valence-corrected chi connectivity index (χ3v) is 2.63. The van der Waals surface area contributed by atoms with Gasteiger partial charge in [0.1, 0.15) is 24.4 Å². The number of fused-ring (bicyclic) bond motifs is 3. The first-order chi connectivity index (χ1) is 5.84. The van der Waals surface area contributed by atoms with Crippen LogP contribution in [0, 0.1) is 0 Å². The Balaban J connectivity index is 1.74. The Morgan fingerprint density at radius 1 is 0.917 bits per heavy atom. The van der Waals surface area contributed by atoms with Crippen LogP contribution in [0.3, 0.4) is 0 Å². The molecule has 4 heteroatoms. The van der Waals surface area contributed by atoms with E-state index in [4.69, 9.17) is 18.9 Å². The molecule has 3 aliphatic rings. The summed E-state index contributed by atoms with van der Waals surface area (Å²) in [6.45, 7) is 3.24. The molecule has 0 N–H and O–H groups in total. The van der Waals surface area contributed by atoms with Crippen LogP contribution in [-0.2, 0) is 18.9 Å². The fourth-order valence-electron chi connectivity index (χ4n) is 1.90. The molecule has 68 valence electrons. The summed E-state index contributed by atoms with van der Waals surface area (Å²) in [6.07, 6.45) is 0.641. The molecule has 3 saturated heterocycles. The molecule has 0 aromatic heterocycles. The Morgan fingerprint density at radius 2 is 1.67 bits per heavy atom. The SMILES string of the molecule is CC1OCC2OCC3OC3C2O1. The molecule has 3 aliphatic heterocycles. The van der Waals surface area contributed by atoms with Crippen molar-refractivity contribution in [2.75, 3.05) is 13.2 Å². The number of hydrogen-bond acceptors (Lipinski definition) is 4. The maximum Gasteiger partial charge on any atom is 0.155 e. The van der Waals surface area contributed by atoms with Gasteiger partial charge in [-0.25, -0.2) is 0 Å². The summed E-state index contributed by atoms with van der Waals surface area (Å²) >= 11 is 0. The van der Waals surface area contributed by atoms with Crippen molar-refractivity contribution in [1.82, 2.24) is 0 Å². The highest BCUT2D eigenvalue weighted by atomic mass is 16.7. The lowest BCUT2D eigenvalue weighted by Gasteiger charge is -2.36. The highest BCUT2D eigenvalue weighted by molar-refractivity contribution is 5.00. The van der Waals surface area contributed by atoms with E-state index in [2.05, 4.69) is 0 Å². The molecular formula is C8H12O4. The van der Waals surface area contributed by atoms with Gasteiger partial charge in [0.05, 0.1) is 13.2 Å². The van der Waals surface area contributed by atoms with Crippen molar-refractivity contribution in [3.05, 3.63) is 0 Å². The molecule has 3 heterocycles. The Kier molecular flexibility index (Phi) is 1.46. The van der Waals surface area contributed by atoms with Crippen molar-refractivity contribution in [2.45, 2.75) is 37.6 Å². The summed E-state index contributed by atoms with van der Waals surface area (Å²) in [5, 5.41) is 0. The van der Waals surface area contributed by atoms with Crippen molar-refractivity contribution in [2.24, 2.45) is 0 Å². The summed E-state index contributed by atoms with van der Waals surface area (Å²) in [7, 11) is 0. The average molecular weight is 172 g/mol. The molecule has 3 fully saturated rings. The van der Waals surface area contributed by atoms with Crippen LogP contribution < -0.4 is 0 Å². The lowest BCUT2D eigenvalue weighted by Crippen LogP contribution is -2.50. The van der Waals surface area contributed by atoms with Crippen molar-refractivity contribution < 1.29 is 18.9 Å². The number of epoxide rings is 1. The van der Waals surface area contributed by atoms with Gasteiger partial charge in [0.2, 0.25) is 0 Å². The van der Waals surface area contributed by atoms with Crippen LogP contribution in [0.25, 0.3) is 0 Å². The first-order valence-electron chi connectivity index (χ1n) is 4.39. The van der Waals surface area contributed by atoms with E-state index in [1.807, 2.05) is 6.92 Å². The van der Waals surface area contributed by atoms with Crippen LogP contribution in [0.15, 0.2) is 0 Å². The second-order valence-electron chi connectivity index (χ2n) is 3.51. The number of ether oxygens (including phenoxy) is 4. The molecule has 0 saturated carbocycles. The lowest BCUT2D eigenvalue weighted by molar-refractivity contribution is -0.261. The standard InChI is InChI=1S/C8H12O4/c1-4-9-2-5-7(11-4)8-6(12-8)3-10-5/h4-8H,2-3H2,1H3. The zero-order valence-electron chi connectivity index (χ0n) is 6.93. The summed E-state index contributed by atoms with van der Waals surface area (Å²) < 4.78 is 21.8. The van der Waals surface area contributed by atoms with E-state index in [1.165, 1.54) is 0 Å². The highest BCUT2D eigenvalue weighted by Gasteiger charge is 2.55. The smallest absolute Gasteiger partial charge is 0.155 e. The first kappa shape index (κ1) is 7.26. The molecule has 4 nitrogen and oxygen atoms in total. The van der Waals surface area contributed by atoms with Crippen LogP contribution >= 0.6 is 0 Å². The number of hydrogen-bond donors (Lipinski definition) is 0. The minimum Gasteiger partial charge on any atom is -0.370 e. The molecule has 12 heavy (non-hydrogen) atoms. The molecule has 3 rings (SSSR count). The zero-order chi connectivity index (χ0) is 8.13. The highest BCUT2D eigenvalue weighted by Crippen LogP contribution is 2.37. The van der Waals surface area contributed by atoms with Gasteiger partial charge in [-0.05, 0) is 6.92 Å². The van der Waals surface area contributed by atoms with Crippen molar-refractivity contribution in [3.63, 3.8) is 0 Å². The maximum absolute atomic E-state index is 5.57. The van der Waals surface area contributed by atoms with Crippen molar-refractivity contribution in [1.29, 1.82) is 0 Å². The van der Waals surface area contributed by atoms with Gasteiger partial charge < -0.3 is 18.9 Å². The number of rotatable bonds is 0. The van der Waals surface area contributed by atoms with Gasteiger partial charge in [0.15, 0.2) is 6.29 Å². The van der Waals surface area contributed by atoms with E-state index in [0.717, 1.165) is 0 Å². The van der Waals surface area contributed by atoms with Gasteiger partial charge in [-0.1, -0.05) is 0 Å². The largest absolute Gasteiger partial charge is 0.370 e. The zero-order valence-corrected chi connectivity index (χ0v) is 6.93. The molecule has 0 bridgehead atoms. The van der Waals surface area contributed by atoms with E-state index in [9.17, 15) is 0 Å². The third-order valence-electron chi connectivity index (χ3n) is 2.63. The molecule has 5 atom stereocenters. The third kappa shape index (κ3) is 0.992. The van der Waals surface area contributed by atoms with Gasteiger partial charge >= 0.3 is 0 Å². The van der Waals surface area contributed by atoms with Gasteiger partial charge in [0.25, 0.3) is 0 Å². The van der Waals surface area contributed by atoms with E-state index in [-0.39, 0.29) is 30.7 Å². The molecule has 5 unspecified atom stereocenters. The summed E-state index contributed by atoms with van der Waals surface area (Å²) in [4.78, 5) is 0. The quantitative estimate of drug-likeness (QED) is 0.479. The van der Waals surface area contributed by atoms with Crippen LogP contribution in [0.1, 0.15) is 6.92 Å². The molecule has 0 spiro atoms. The topological polar surface area (TPSA) is 40.2 Å². The predicted octanol–water partition coefficient (Wildman–Crippen LogP) is -0.0860. The monoisotopic (exact) mass is 172 g/mol. The van der Waals surface area contributed by atoms with Crippen LogP contribution in [0.2, 0.25) is 0 Å². The molecule has 0 aromatic rings. The Morgan fingerprint density at radius 3 is 2.58 bits per heavy atom. The van der Waals surface area contributed by atoms with Gasteiger partial charge in [-0.15, -0.1) is 0 Å². The minimum atomic E-state index is -0.113. The van der Waals surface area contributed by atoms with Crippen LogP contribution in [0.5, 0.6) is 0 Å². The molecule has 0 aliphatic carbocycles. The molecule has 0 amide bonds. The maximum atomic E-state index is 5.57. The summed E-state index contributed by atoms with van der Waals surface area (Å²) in [6, 6.07) is 0. The van der Waals surface area contributed by atoms with E-state index in [1.54, 1.807) is 0 Å². The van der Waals surface area contributed by atoms with Crippen molar-refractivity contribution in [3.8, 4) is 0 Å². The van der Waals surface area contributed by atoms with Crippen LogP contribution in [0.4, 0.5) is 0 Å². The lowest BCUT2D eigenvalue weighted by atomic mass is 10.1. The average Bonchev–Trinajstić information content (AvgIpc) is 2.82. The van der Waals surface area contributed by atoms with Crippen LogP contribution in [-0.4, -0.2) is 43.9 Å². The molecule has 0 aromatic carbocycles. The predicted molar refractivity (Wildman–Crippen MR) is 38.7 cm³/mol. The minimum absolute atomic E-state index is 0.0879. The second kappa shape index (κ2) is 2.42. The summed E-state index contributed by atoms with van der Waals surface area (Å²) in [5.74, 6) is 0. The van der Waals surface area contributed by atoms with E-state index < -0.39 is 0 Å². The molecular weight excluding hydrogens is 160 g/mol. The van der Waals surface area contributed by atoms with Gasteiger partial charge in [-0.2, -0.15) is 0 Å². The normalized spacial score (nSPS) is 57.2. The first-order valence-corrected chi connectivity index (χ1v) is 4.39. The molecule has 0 radical (unpaired) electrons. The summed E-state index contributed by atoms with van der Waals surface area (Å²) in [5.41, 5.74) is 0. The Bertz CT molecular complexity index is 195. The fourth-order valence-corrected chi connectivity index (χ4v) is 1.90. The van der Waals surface area contributed by atoms with Gasteiger partial charge in [0, 0.05) is 0 Å². The van der Waals surface area contributed by atoms with Gasteiger partial charge in [-0.3, -0.25) is 0 Å². The Labute approximate surface area is 70.7 Å². The fraction of sp³-hybridized carbons (Fsp3) is 1.00. The Hall–Kier alpha value is -0.160. The van der Waals surface area contributed by atoms with E-state index >= 15 is 0 Å².